The standard InChI is InChI=1S/C11H14FNO3/c1-15-11(14)9(13)6-7-16-10-5-3-2-4-8(10)12/h2-5,9H,6-7,13H2,1H3. The van der Waals surface area contributed by atoms with Gasteiger partial charge in [-0.3, -0.25) is 4.79 Å². The van der Waals surface area contributed by atoms with E-state index in [0.29, 0.717) is 0 Å². The molecule has 0 heterocycles. The molecule has 88 valence electrons. The minimum absolute atomic E-state index is 0.152. The molecule has 0 aromatic heterocycles. The number of ether oxygens (including phenoxy) is 2. The number of hydrogen-bond donors (Lipinski definition) is 1. The van der Waals surface area contributed by atoms with Gasteiger partial charge in [0, 0.05) is 6.42 Å². The van der Waals surface area contributed by atoms with Gasteiger partial charge in [-0.15, -0.1) is 0 Å². The van der Waals surface area contributed by atoms with Crippen molar-refractivity contribution >= 4 is 5.97 Å². The smallest absolute Gasteiger partial charge is 0.322 e. The number of nitrogens with two attached hydrogens (primary N) is 1. The molecule has 2 N–H and O–H groups in total. The van der Waals surface area contributed by atoms with Gasteiger partial charge in [0.25, 0.3) is 0 Å². The Morgan fingerprint density at radius 1 is 1.50 bits per heavy atom. The molecular weight excluding hydrogens is 213 g/mol. The van der Waals surface area contributed by atoms with Gasteiger partial charge in [-0.25, -0.2) is 4.39 Å². The topological polar surface area (TPSA) is 61.5 Å². The van der Waals surface area contributed by atoms with Crippen LogP contribution in [0.25, 0.3) is 0 Å². The highest BCUT2D eigenvalue weighted by Crippen LogP contribution is 2.15. The second-order valence-corrected chi connectivity index (χ2v) is 3.20. The number of para-hydroxylation sites is 1. The zero-order valence-electron chi connectivity index (χ0n) is 8.98. The van der Waals surface area contributed by atoms with Crippen LogP contribution in [0.15, 0.2) is 24.3 Å². The lowest BCUT2D eigenvalue weighted by Gasteiger charge is -2.10. The molecule has 4 nitrogen and oxygen atoms in total. The number of carbonyl (C=O) groups excluding carboxylic acids is 1. The Kier molecular flexibility index (Phi) is 4.72. The molecule has 0 saturated heterocycles. The van der Waals surface area contributed by atoms with Crippen molar-refractivity contribution in [2.45, 2.75) is 12.5 Å². The van der Waals surface area contributed by atoms with Gasteiger partial charge in [-0.05, 0) is 12.1 Å². The first kappa shape index (κ1) is 12.4. The average Bonchev–Trinajstić information content (AvgIpc) is 2.30. The fourth-order valence-electron chi connectivity index (χ4n) is 1.13. The summed E-state index contributed by atoms with van der Waals surface area (Å²) in [5.41, 5.74) is 5.48. The summed E-state index contributed by atoms with van der Waals surface area (Å²) in [6, 6.07) is 5.31. The summed E-state index contributed by atoms with van der Waals surface area (Å²) in [5, 5.41) is 0. The summed E-state index contributed by atoms with van der Waals surface area (Å²) in [6.45, 7) is 0.164. The molecule has 1 rings (SSSR count). The molecule has 0 saturated carbocycles. The van der Waals surface area contributed by atoms with Crippen LogP contribution in [-0.2, 0) is 9.53 Å². The third-order valence-corrected chi connectivity index (χ3v) is 2.03. The minimum Gasteiger partial charge on any atom is -0.490 e. The molecule has 1 aromatic rings. The SMILES string of the molecule is COC(=O)C(N)CCOc1ccccc1F. The predicted molar refractivity (Wildman–Crippen MR) is 56.5 cm³/mol. The molecule has 5 heteroatoms. The Morgan fingerprint density at radius 2 is 2.19 bits per heavy atom. The summed E-state index contributed by atoms with van der Waals surface area (Å²) in [7, 11) is 1.26. The maximum atomic E-state index is 13.1. The van der Waals surface area contributed by atoms with E-state index < -0.39 is 17.8 Å². The third kappa shape index (κ3) is 3.51. The molecular formula is C11H14FNO3. The van der Waals surface area contributed by atoms with Gasteiger partial charge in [-0.1, -0.05) is 12.1 Å². The van der Waals surface area contributed by atoms with Crippen LogP contribution in [0.1, 0.15) is 6.42 Å². The molecule has 1 unspecified atom stereocenters. The van der Waals surface area contributed by atoms with Gasteiger partial charge in [0.1, 0.15) is 6.04 Å². The number of hydrogen-bond acceptors (Lipinski definition) is 4. The molecule has 0 fully saturated rings. The van der Waals surface area contributed by atoms with E-state index in [2.05, 4.69) is 4.74 Å². The van der Waals surface area contributed by atoms with Crippen molar-refractivity contribution in [3.8, 4) is 5.75 Å². The van der Waals surface area contributed by atoms with Crippen molar-refractivity contribution in [3.05, 3.63) is 30.1 Å². The quantitative estimate of drug-likeness (QED) is 0.765. The largest absolute Gasteiger partial charge is 0.490 e. The summed E-state index contributed by atoms with van der Waals surface area (Å²) >= 11 is 0. The molecule has 0 bridgehead atoms. The lowest BCUT2D eigenvalue weighted by Crippen LogP contribution is -2.33. The molecule has 16 heavy (non-hydrogen) atoms. The van der Waals surface area contributed by atoms with Crippen LogP contribution in [0.3, 0.4) is 0 Å². The van der Waals surface area contributed by atoms with Gasteiger partial charge in [0.05, 0.1) is 13.7 Å². The van der Waals surface area contributed by atoms with E-state index in [-0.39, 0.29) is 18.8 Å². The maximum absolute atomic E-state index is 13.1. The van der Waals surface area contributed by atoms with Crippen LogP contribution in [0.2, 0.25) is 0 Å². The van der Waals surface area contributed by atoms with Crippen LogP contribution in [0.4, 0.5) is 4.39 Å². The molecule has 0 aliphatic heterocycles. The minimum atomic E-state index is -0.739. The number of methoxy groups -OCH3 is 1. The highest BCUT2D eigenvalue weighted by Gasteiger charge is 2.13. The Balaban J connectivity index is 2.36. The van der Waals surface area contributed by atoms with Crippen LogP contribution in [0, 0.1) is 5.82 Å². The van der Waals surface area contributed by atoms with E-state index in [9.17, 15) is 9.18 Å². The van der Waals surface area contributed by atoms with Gasteiger partial charge >= 0.3 is 5.97 Å². The Morgan fingerprint density at radius 3 is 2.81 bits per heavy atom. The Labute approximate surface area is 93.2 Å². The zero-order valence-corrected chi connectivity index (χ0v) is 8.98. The molecule has 0 spiro atoms. The fourth-order valence-corrected chi connectivity index (χ4v) is 1.13. The fraction of sp³-hybridized carbons (Fsp3) is 0.364. The van der Waals surface area contributed by atoms with Crippen LogP contribution in [-0.4, -0.2) is 25.7 Å². The molecule has 0 amide bonds. The zero-order chi connectivity index (χ0) is 12.0. The van der Waals surface area contributed by atoms with E-state index in [0.717, 1.165) is 0 Å². The lowest BCUT2D eigenvalue weighted by molar-refractivity contribution is -0.142. The van der Waals surface area contributed by atoms with Crippen molar-refractivity contribution in [1.29, 1.82) is 0 Å². The first-order valence-corrected chi connectivity index (χ1v) is 4.86. The van der Waals surface area contributed by atoms with E-state index in [4.69, 9.17) is 10.5 Å². The number of carbonyl (C=O) groups is 1. The van der Waals surface area contributed by atoms with Gasteiger partial charge < -0.3 is 15.2 Å². The van der Waals surface area contributed by atoms with Crippen LogP contribution in [0.5, 0.6) is 5.75 Å². The number of esters is 1. The Bertz CT molecular complexity index is 357. The molecule has 1 atom stereocenters. The Hall–Kier alpha value is -1.62. The van der Waals surface area contributed by atoms with E-state index in [1.54, 1.807) is 12.1 Å². The first-order valence-electron chi connectivity index (χ1n) is 4.86. The molecule has 0 radical (unpaired) electrons. The number of halogens is 1. The predicted octanol–water partition coefficient (Wildman–Crippen LogP) is 1.09. The van der Waals surface area contributed by atoms with Gasteiger partial charge in [0.15, 0.2) is 11.6 Å². The highest BCUT2D eigenvalue weighted by atomic mass is 19.1. The molecule has 0 aliphatic carbocycles. The van der Waals surface area contributed by atoms with E-state index >= 15 is 0 Å². The lowest BCUT2D eigenvalue weighted by atomic mass is 10.2. The third-order valence-electron chi connectivity index (χ3n) is 2.03. The average molecular weight is 227 g/mol. The van der Waals surface area contributed by atoms with Gasteiger partial charge in [-0.2, -0.15) is 0 Å². The summed E-state index contributed by atoms with van der Waals surface area (Å²) in [6.07, 6.45) is 0.279. The van der Waals surface area contributed by atoms with E-state index in [1.807, 2.05) is 0 Å². The normalized spacial score (nSPS) is 11.9. The second-order valence-electron chi connectivity index (χ2n) is 3.20. The van der Waals surface area contributed by atoms with Crippen molar-refractivity contribution in [1.82, 2.24) is 0 Å². The summed E-state index contributed by atoms with van der Waals surface area (Å²) < 4.78 is 22.7. The van der Waals surface area contributed by atoms with Gasteiger partial charge in [0.2, 0.25) is 0 Å². The van der Waals surface area contributed by atoms with Crippen LogP contribution < -0.4 is 10.5 Å². The number of benzene rings is 1. The monoisotopic (exact) mass is 227 g/mol. The molecule has 1 aromatic carbocycles. The first-order chi connectivity index (χ1) is 7.65. The molecule has 0 aliphatic rings. The van der Waals surface area contributed by atoms with Crippen molar-refractivity contribution < 1.29 is 18.7 Å². The van der Waals surface area contributed by atoms with Crippen molar-refractivity contribution in [3.63, 3.8) is 0 Å². The second kappa shape index (κ2) is 6.07. The summed E-state index contributed by atoms with van der Waals surface area (Å²) in [4.78, 5) is 10.9. The maximum Gasteiger partial charge on any atom is 0.322 e. The highest BCUT2D eigenvalue weighted by molar-refractivity contribution is 5.75. The summed E-state index contributed by atoms with van der Waals surface area (Å²) in [5.74, 6) is -0.786. The van der Waals surface area contributed by atoms with E-state index in [1.165, 1.54) is 19.2 Å². The van der Waals surface area contributed by atoms with Crippen LogP contribution >= 0.6 is 0 Å². The van der Waals surface area contributed by atoms with Crippen molar-refractivity contribution in [2.75, 3.05) is 13.7 Å². The van der Waals surface area contributed by atoms with Crippen molar-refractivity contribution in [2.24, 2.45) is 5.73 Å². The number of rotatable bonds is 5.